The average Bonchev–Trinajstić information content (AvgIpc) is 2.39. The van der Waals surface area contributed by atoms with Gasteiger partial charge in [-0.25, -0.2) is 12.7 Å². The molecular weight excluding hydrogens is 348 g/mol. The van der Waals surface area contributed by atoms with Crippen molar-refractivity contribution in [2.24, 2.45) is 0 Å². The maximum absolute atomic E-state index is 12.4. The Kier molecular flexibility index (Phi) is 5.55. The molecule has 0 saturated carbocycles. The first-order chi connectivity index (χ1) is 9.20. The van der Waals surface area contributed by atoms with Crippen molar-refractivity contribution in [3.05, 3.63) is 22.2 Å². The first kappa shape index (κ1) is 16.9. The topological polar surface area (TPSA) is 89.7 Å². The molecule has 20 heavy (non-hydrogen) atoms. The largest absolute Gasteiger partial charge is 0.469 e. The third-order valence-corrected chi connectivity index (χ3v) is 5.53. The number of halogens is 1. The van der Waals surface area contributed by atoms with Crippen molar-refractivity contribution in [2.45, 2.75) is 18.2 Å². The monoisotopic (exact) mass is 364 g/mol. The first-order valence-corrected chi connectivity index (χ1v) is 8.02. The number of aryl methyl sites for hydroxylation is 1. The summed E-state index contributed by atoms with van der Waals surface area (Å²) in [6, 6.07) is 3.06. The Morgan fingerprint density at radius 2 is 2.05 bits per heavy atom. The zero-order chi connectivity index (χ0) is 15.5. The molecule has 0 unspecified atom stereocenters. The van der Waals surface area contributed by atoms with E-state index in [1.807, 2.05) is 0 Å². The smallest absolute Gasteiger partial charge is 0.306 e. The molecule has 0 amide bonds. The Morgan fingerprint density at radius 1 is 1.45 bits per heavy atom. The van der Waals surface area contributed by atoms with Crippen molar-refractivity contribution in [3.8, 4) is 0 Å². The summed E-state index contributed by atoms with van der Waals surface area (Å²) in [6.45, 7) is 1.73. The number of methoxy groups -OCH3 is 1. The third-order valence-electron chi connectivity index (χ3n) is 2.84. The second-order valence-corrected chi connectivity index (χ2v) is 7.16. The van der Waals surface area contributed by atoms with Crippen molar-refractivity contribution in [2.75, 3.05) is 26.4 Å². The molecule has 0 radical (unpaired) electrons. The highest BCUT2D eigenvalue weighted by Crippen LogP contribution is 2.28. The summed E-state index contributed by atoms with van der Waals surface area (Å²) >= 11 is 3.25. The molecule has 0 aliphatic heterocycles. The average molecular weight is 365 g/mol. The van der Waals surface area contributed by atoms with Crippen LogP contribution in [0.2, 0.25) is 0 Å². The van der Waals surface area contributed by atoms with Crippen LogP contribution in [-0.4, -0.2) is 39.4 Å². The molecule has 1 aromatic rings. The second kappa shape index (κ2) is 6.55. The van der Waals surface area contributed by atoms with Crippen LogP contribution in [0.1, 0.15) is 12.0 Å². The van der Waals surface area contributed by atoms with Crippen LogP contribution in [-0.2, 0) is 19.6 Å². The molecule has 0 spiro atoms. The minimum absolute atomic E-state index is 0.00269. The summed E-state index contributed by atoms with van der Waals surface area (Å²) in [7, 11) is -1.02. The van der Waals surface area contributed by atoms with Gasteiger partial charge in [0.1, 0.15) is 0 Å². The maximum atomic E-state index is 12.4. The Morgan fingerprint density at radius 3 is 2.60 bits per heavy atom. The van der Waals surface area contributed by atoms with Gasteiger partial charge in [-0.05, 0) is 40.5 Å². The van der Waals surface area contributed by atoms with Crippen LogP contribution in [0.4, 0.5) is 5.69 Å². The van der Waals surface area contributed by atoms with E-state index in [1.165, 1.54) is 20.2 Å². The summed E-state index contributed by atoms with van der Waals surface area (Å²) in [4.78, 5) is 11.2. The van der Waals surface area contributed by atoms with E-state index in [4.69, 9.17) is 5.73 Å². The van der Waals surface area contributed by atoms with Gasteiger partial charge >= 0.3 is 5.97 Å². The van der Waals surface area contributed by atoms with Gasteiger partial charge in [-0.1, -0.05) is 0 Å². The van der Waals surface area contributed by atoms with Gasteiger partial charge in [0.15, 0.2) is 0 Å². The number of ether oxygens (including phenoxy) is 1. The number of carbonyl (C=O) groups is 1. The molecular formula is C12H17BrN2O4S. The summed E-state index contributed by atoms with van der Waals surface area (Å²) in [5, 5.41) is 0. The van der Waals surface area contributed by atoms with Gasteiger partial charge in [0.05, 0.1) is 18.4 Å². The van der Waals surface area contributed by atoms with Crippen molar-refractivity contribution in [1.29, 1.82) is 0 Å². The highest BCUT2D eigenvalue weighted by molar-refractivity contribution is 9.10. The van der Waals surface area contributed by atoms with Crippen LogP contribution in [0.15, 0.2) is 21.5 Å². The minimum Gasteiger partial charge on any atom is -0.469 e. The standard InChI is InChI=1S/C12H17BrN2O4S/c1-8-6-9(13)10(14)7-11(8)20(17,18)15(2)5-4-12(16)19-3/h6-7H,4-5,14H2,1-3H3. The molecule has 6 nitrogen and oxygen atoms in total. The lowest BCUT2D eigenvalue weighted by Gasteiger charge is -2.18. The van der Waals surface area contributed by atoms with Crippen molar-refractivity contribution >= 4 is 37.6 Å². The van der Waals surface area contributed by atoms with Crippen LogP contribution in [0.25, 0.3) is 0 Å². The van der Waals surface area contributed by atoms with Crippen LogP contribution < -0.4 is 5.73 Å². The Hall–Kier alpha value is -1.12. The third kappa shape index (κ3) is 3.71. The van der Waals surface area contributed by atoms with E-state index in [1.54, 1.807) is 13.0 Å². The summed E-state index contributed by atoms with van der Waals surface area (Å²) in [5.74, 6) is -0.459. The summed E-state index contributed by atoms with van der Waals surface area (Å²) in [5.41, 5.74) is 6.65. The van der Waals surface area contributed by atoms with Gasteiger partial charge in [-0.15, -0.1) is 0 Å². The lowest BCUT2D eigenvalue weighted by atomic mass is 10.2. The fraction of sp³-hybridized carbons (Fsp3) is 0.417. The molecule has 0 fully saturated rings. The van der Waals surface area contributed by atoms with E-state index in [-0.39, 0.29) is 17.9 Å². The molecule has 0 heterocycles. The molecule has 1 aromatic carbocycles. The van der Waals surface area contributed by atoms with Gasteiger partial charge in [-0.2, -0.15) is 0 Å². The minimum atomic E-state index is -3.69. The van der Waals surface area contributed by atoms with E-state index in [9.17, 15) is 13.2 Å². The SMILES string of the molecule is COC(=O)CCN(C)S(=O)(=O)c1cc(N)c(Br)cc1C. The highest BCUT2D eigenvalue weighted by atomic mass is 79.9. The van der Waals surface area contributed by atoms with Crippen molar-refractivity contribution < 1.29 is 17.9 Å². The summed E-state index contributed by atoms with van der Waals surface area (Å²) < 4.78 is 31.1. The number of nitrogen functional groups attached to an aromatic ring is 1. The zero-order valence-electron chi connectivity index (χ0n) is 11.5. The number of hydrogen-bond acceptors (Lipinski definition) is 5. The normalized spacial score (nSPS) is 11.7. The predicted octanol–water partition coefficient (Wildman–Crippen LogP) is 1.52. The number of hydrogen-bond donors (Lipinski definition) is 1. The fourth-order valence-corrected chi connectivity index (χ4v) is 3.45. The lowest BCUT2D eigenvalue weighted by molar-refractivity contribution is -0.140. The molecule has 0 aliphatic rings. The van der Waals surface area contributed by atoms with E-state index in [2.05, 4.69) is 20.7 Å². The number of benzene rings is 1. The first-order valence-electron chi connectivity index (χ1n) is 5.79. The van der Waals surface area contributed by atoms with Crippen LogP contribution in [0, 0.1) is 6.92 Å². The molecule has 0 saturated heterocycles. The molecule has 2 N–H and O–H groups in total. The number of anilines is 1. The number of esters is 1. The maximum Gasteiger partial charge on any atom is 0.306 e. The molecule has 112 valence electrons. The lowest BCUT2D eigenvalue weighted by Crippen LogP contribution is -2.30. The quantitative estimate of drug-likeness (QED) is 0.631. The van der Waals surface area contributed by atoms with Gasteiger partial charge in [0, 0.05) is 23.8 Å². The number of nitrogens with zero attached hydrogens (tertiary/aromatic N) is 1. The number of carbonyl (C=O) groups excluding carboxylic acids is 1. The molecule has 0 atom stereocenters. The second-order valence-electron chi connectivity index (χ2n) is 4.29. The van der Waals surface area contributed by atoms with Gasteiger partial charge < -0.3 is 10.5 Å². The van der Waals surface area contributed by atoms with Gasteiger partial charge in [0.25, 0.3) is 0 Å². The highest BCUT2D eigenvalue weighted by Gasteiger charge is 2.24. The van der Waals surface area contributed by atoms with Crippen LogP contribution in [0.3, 0.4) is 0 Å². The van der Waals surface area contributed by atoms with Gasteiger partial charge in [0.2, 0.25) is 10.0 Å². The molecule has 8 heteroatoms. The zero-order valence-corrected chi connectivity index (χ0v) is 13.9. The molecule has 1 rings (SSSR count). The van der Waals surface area contributed by atoms with Crippen molar-refractivity contribution in [3.63, 3.8) is 0 Å². The van der Waals surface area contributed by atoms with E-state index >= 15 is 0 Å². The molecule has 0 bridgehead atoms. The van der Waals surface area contributed by atoms with Gasteiger partial charge in [-0.3, -0.25) is 4.79 Å². The van der Waals surface area contributed by atoms with Crippen LogP contribution >= 0.6 is 15.9 Å². The Labute approximate surface area is 127 Å². The summed E-state index contributed by atoms with van der Waals surface area (Å²) in [6.07, 6.45) is -0.00269. The Balaban J connectivity index is 3.04. The number of nitrogens with two attached hydrogens (primary N) is 1. The molecule has 0 aromatic heterocycles. The van der Waals surface area contributed by atoms with Crippen LogP contribution in [0.5, 0.6) is 0 Å². The number of rotatable bonds is 5. The van der Waals surface area contributed by atoms with E-state index in [0.717, 1.165) is 4.31 Å². The van der Waals surface area contributed by atoms with E-state index in [0.29, 0.717) is 15.7 Å². The van der Waals surface area contributed by atoms with Crippen molar-refractivity contribution in [1.82, 2.24) is 4.31 Å². The number of sulfonamides is 1. The fourth-order valence-electron chi connectivity index (χ4n) is 1.59. The van der Waals surface area contributed by atoms with E-state index < -0.39 is 16.0 Å². The molecule has 0 aliphatic carbocycles. The Bertz CT molecular complexity index is 616. The predicted molar refractivity (Wildman–Crippen MR) is 79.7 cm³/mol.